The van der Waals surface area contributed by atoms with E-state index in [0.717, 1.165) is 11.1 Å². The molecule has 0 spiro atoms. The second-order valence-electron chi connectivity index (χ2n) is 2.77. The number of benzene rings is 1. The molecule has 0 saturated heterocycles. The number of alkyl halides is 1. The van der Waals surface area contributed by atoms with Gasteiger partial charge in [-0.3, -0.25) is 4.79 Å². The van der Waals surface area contributed by atoms with Crippen molar-refractivity contribution in [2.45, 2.75) is 13.3 Å². The van der Waals surface area contributed by atoms with Crippen LogP contribution >= 0.6 is 27.5 Å². The van der Waals surface area contributed by atoms with Crippen LogP contribution < -0.4 is 0 Å². The summed E-state index contributed by atoms with van der Waals surface area (Å²) in [4.78, 5) is 11.5. The largest absolute Gasteiger partial charge is 0.294 e. The van der Waals surface area contributed by atoms with Crippen LogP contribution in [0.15, 0.2) is 18.2 Å². The Morgan fingerprint density at radius 1 is 1.54 bits per heavy atom. The SMILES string of the molecule is Cc1c(Cl)cccc1C(=O)CCBr. The normalized spacial score (nSPS) is 10.1. The topological polar surface area (TPSA) is 17.1 Å². The Hall–Kier alpha value is -0.340. The molecule has 1 nitrogen and oxygen atoms in total. The molecule has 1 aromatic carbocycles. The third kappa shape index (κ3) is 2.55. The Morgan fingerprint density at radius 3 is 2.85 bits per heavy atom. The number of Topliss-reactive ketones (excluding diaryl/α,β-unsaturated/α-hetero) is 1. The van der Waals surface area contributed by atoms with Crippen LogP contribution in [0.1, 0.15) is 22.3 Å². The molecular weight excluding hydrogens is 251 g/mol. The van der Waals surface area contributed by atoms with Crippen LogP contribution in [-0.4, -0.2) is 11.1 Å². The summed E-state index contributed by atoms with van der Waals surface area (Å²) in [7, 11) is 0. The average Bonchev–Trinajstić information content (AvgIpc) is 2.10. The highest BCUT2D eigenvalue weighted by Gasteiger charge is 2.09. The molecule has 0 fully saturated rings. The molecule has 0 N–H and O–H groups in total. The van der Waals surface area contributed by atoms with E-state index < -0.39 is 0 Å². The predicted octanol–water partition coefficient (Wildman–Crippen LogP) is 3.62. The first-order valence-electron chi connectivity index (χ1n) is 4.01. The first kappa shape index (κ1) is 10.7. The van der Waals surface area contributed by atoms with Gasteiger partial charge in [-0.2, -0.15) is 0 Å². The fourth-order valence-corrected chi connectivity index (χ4v) is 1.66. The molecule has 0 bridgehead atoms. The minimum absolute atomic E-state index is 0.136. The summed E-state index contributed by atoms with van der Waals surface area (Å²) in [5.41, 5.74) is 1.60. The van der Waals surface area contributed by atoms with Crippen molar-refractivity contribution >= 4 is 33.3 Å². The van der Waals surface area contributed by atoms with Crippen molar-refractivity contribution in [2.75, 3.05) is 5.33 Å². The van der Waals surface area contributed by atoms with Gasteiger partial charge >= 0.3 is 0 Å². The smallest absolute Gasteiger partial charge is 0.164 e. The second-order valence-corrected chi connectivity index (χ2v) is 3.97. The van der Waals surface area contributed by atoms with Gasteiger partial charge in [-0.25, -0.2) is 0 Å². The molecule has 70 valence electrons. The molecule has 0 radical (unpaired) electrons. The van der Waals surface area contributed by atoms with Gasteiger partial charge in [0.15, 0.2) is 5.78 Å². The molecule has 13 heavy (non-hydrogen) atoms. The number of ketones is 1. The van der Waals surface area contributed by atoms with Crippen molar-refractivity contribution in [1.29, 1.82) is 0 Å². The molecule has 0 heterocycles. The quantitative estimate of drug-likeness (QED) is 0.600. The number of carbonyl (C=O) groups excluding carboxylic acids is 1. The summed E-state index contributed by atoms with van der Waals surface area (Å²) in [6.07, 6.45) is 0.515. The van der Waals surface area contributed by atoms with Crippen molar-refractivity contribution in [3.63, 3.8) is 0 Å². The number of carbonyl (C=O) groups is 1. The lowest BCUT2D eigenvalue weighted by Crippen LogP contribution is -2.02. The van der Waals surface area contributed by atoms with Crippen LogP contribution in [0.3, 0.4) is 0 Å². The summed E-state index contributed by atoms with van der Waals surface area (Å²) in [6.45, 7) is 1.86. The maximum atomic E-state index is 11.5. The zero-order valence-electron chi connectivity index (χ0n) is 7.31. The minimum Gasteiger partial charge on any atom is -0.294 e. The first-order valence-corrected chi connectivity index (χ1v) is 5.51. The molecule has 0 saturated carbocycles. The zero-order chi connectivity index (χ0) is 9.84. The Bertz CT molecular complexity index is 323. The van der Waals surface area contributed by atoms with E-state index in [1.54, 1.807) is 12.1 Å². The molecule has 0 aliphatic rings. The molecule has 0 atom stereocenters. The summed E-state index contributed by atoms with van der Waals surface area (Å²) in [5.74, 6) is 0.136. The zero-order valence-corrected chi connectivity index (χ0v) is 9.65. The minimum atomic E-state index is 0.136. The summed E-state index contributed by atoms with van der Waals surface area (Å²) in [5, 5.41) is 1.35. The van der Waals surface area contributed by atoms with Gasteiger partial charge in [0.25, 0.3) is 0 Å². The first-order chi connectivity index (χ1) is 6.16. The summed E-state index contributed by atoms with van der Waals surface area (Å²) in [6, 6.07) is 5.41. The fourth-order valence-electron chi connectivity index (χ4n) is 1.13. The van der Waals surface area contributed by atoms with Gasteiger partial charge < -0.3 is 0 Å². The maximum Gasteiger partial charge on any atom is 0.164 e. The molecule has 1 aromatic rings. The molecule has 3 heteroatoms. The van der Waals surface area contributed by atoms with Crippen LogP contribution in [0.5, 0.6) is 0 Å². The van der Waals surface area contributed by atoms with Crippen molar-refractivity contribution in [1.82, 2.24) is 0 Å². The van der Waals surface area contributed by atoms with Gasteiger partial charge in [0, 0.05) is 22.3 Å². The van der Waals surface area contributed by atoms with E-state index in [-0.39, 0.29) is 5.78 Å². The highest BCUT2D eigenvalue weighted by molar-refractivity contribution is 9.09. The van der Waals surface area contributed by atoms with E-state index in [1.165, 1.54) is 0 Å². The van der Waals surface area contributed by atoms with E-state index in [0.29, 0.717) is 16.8 Å². The fraction of sp³-hybridized carbons (Fsp3) is 0.300. The van der Waals surface area contributed by atoms with Gasteiger partial charge in [-0.1, -0.05) is 39.7 Å². The number of rotatable bonds is 3. The Balaban J connectivity index is 3.01. The van der Waals surface area contributed by atoms with E-state index >= 15 is 0 Å². The van der Waals surface area contributed by atoms with Crippen molar-refractivity contribution in [3.05, 3.63) is 34.3 Å². The van der Waals surface area contributed by atoms with E-state index in [1.807, 2.05) is 13.0 Å². The maximum absolute atomic E-state index is 11.5. The molecule has 0 aromatic heterocycles. The molecule has 0 unspecified atom stereocenters. The monoisotopic (exact) mass is 260 g/mol. The van der Waals surface area contributed by atoms with Gasteiger partial charge in [0.2, 0.25) is 0 Å². The van der Waals surface area contributed by atoms with Crippen LogP contribution in [0.4, 0.5) is 0 Å². The van der Waals surface area contributed by atoms with Gasteiger partial charge in [-0.15, -0.1) is 0 Å². The third-order valence-electron chi connectivity index (χ3n) is 1.89. The van der Waals surface area contributed by atoms with Crippen LogP contribution in [0.2, 0.25) is 5.02 Å². The molecular formula is C10H10BrClO. The van der Waals surface area contributed by atoms with Crippen molar-refractivity contribution < 1.29 is 4.79 Å². The molecule has 1 rings (SSSR count). The lowest BCUT2D eigenvalue weighted by molar-refractivity contribution is 0.0989. The van der Waals surface area contributed by atoms with E-state index in [4.69, 9.17) is 11.6 Å². The Labute approximate surface area is 91.2 Å². The standard InChI is InChI=1S/C10H10BrClO/c1-7-8(10(13)5-6-11)3-2-4-9(7)12/h2-4H,5-6H2,1H3. The van der Waals surface area contributed by atoms with E-state index in [9.17, 15) is 4.79 Å². The second kappa shape index (κ2) is 4.77. The van der Waals surface area contributed by atoms with E-state index in [2.05, 4.69) is 15.9 Å². The lowest BCUT2D eigenvalue weighted by atomic mass is 10.0. The molecule has 0 amide bonds. The predicted molar refractivity (Wildman–Crippen MR) is 58.9 cm³/mol. The van der Waals surface area contributed by atoms with Crippen LogP contribution in [0.25, 0.3) is 0 Å². The molecule has 0 aliphatic heterocycles. The van der Waals surface area contributed by atoms with Crippen LogP contribution in [0, 0.1) is 6.92 Å². The Morgan fingerprint density at radius 2 is 2.23 bits per heavy atom. The van der Waals surface area contributed by atoms with Gasteiger partial charge in [0.1, 0.15) is 0 Å². The van der Waals surface area contributed by atoms with Crippen molar-refractivity contribution in [2.24, 2.45) is 0 Å². The summed E-state index contributed by atoms with van der Waals surface area (Å²) >= 11 is 9.13. The van der Waals surface area contributed by atoms with Gasteiger partial charge in [-0.05, 0) is 18.6 Å². The summed E-state index contributed by atoms with van der Waals surface area (Å²) < 4.78 is 0. The highest BCUT2D eigenvalue weighted by Crippen LogP contribution is 2.19. The highest BCUT2D eigenvalue weighted by atomic mass is 79.9. The van der Waals surface area contributed by atoms with Crippen LogP contribution in [-0.2, 0) is 0 Å². The number of hydrogen-bond donors (Lipinski definition) is 0. The average molecular weight is 262 g/mol. The number of halogens is 2. The van der Waals surface area contributed by atoms with Gasteiger partial charge in [0.05, 0.1) is 0 Å². The number of hydrogen-bond acceptors (Lipinski definition) is 1. The molecule has 0 aliphatic carbocycles. The van der Waals surface area contributed by atoms with Crippen molar-refractivity contribution in [3.8, 4) is 0 Å². The third-order valence-corrected chi connectivity index (χ3v) is 2.70. The Kier molecular flexibility index (Phi) is 3.94. The lowest BCUT2D eigenvalue weighted by Gasteiger charge is -2.04.